The van der Waals surface area contributed by atoms with Gasteiger partial charge < -0.3 is 10.4 Å². The highest BCUT2D eigenvalue weighted by Crippen LogP contribution is 2.15. The average molecular weight is 432 g/mol. The van der Waals surface area contributed by atoms with Gasteiger partial charge in [0.15, 0.2) is 5.82 Å². The first kappa shape index (κ1) is 18.8. The maximum Gasteiger partial charge on any atom is 0.305 e. The largest absolute Gasteiger partial charge is 0.481 e. The average Bonchev–Trinajstić information content (AvgIpc) is 3.22. The minimum atomic E-state index is -0.914. The fraction of sp³-hybridized carbons (Fsp3) is 0.222. The highest BCUT2D eigenvalue weighted by molar-refractivity contribution is 9.10. The van der Waals surface area contributed by atoms with Crippen LogP contribution in [0.25, 0.3) is 0 Å². The zero-order valence-corrected chi connectivity index (χ0v) is 16.2. The zero-order chi connectivity index (χ0) is 19.4. The Morgan fingerprint density at radius 2 is 2.00 bits per heavy atom. The third-order valence-electron chi connectivity index (χ3n) is 3.92. The Labute approximate surface area is 163 Å². The number of rotatable bonds is 7. The monoisotopic (exact) mass is 431 g/mol. The molecule has 1 amide bonds. The SMILES string of the molecule is Cc1cc(NC(=O)c2cnn(CCC(=O)O)c2)nn1Cc1ccc(Br)cc1. The molecule has 0 saturated heterocycles. The van der Waals surface area contributed by atoms with E-state index in [9.17, 15) is 9.59 Å². The number of hydrogen-bond donors (Lipinski definition) is 2. The lowest BCUT2D eigenvalue weighted by molar-refractivity contribution is -0.137. The standard InChI is InChI=1S/C18H18BrN5O3/c1-12-8-16(22-24(12)10-13-2-4-15(19)5-3-13)21-18(27)14-9-20-23(11-14)7-6-17(25)26/h2-5,8-9,11H,6-7,10H2,1H3,(H,25,26)(H,21,22,27). The molecular weight excluding hydrogens is 414 g/mol. The quantitative estimate of drug-likeness (QED) is 0.598. The van der Waals surface area contributed by atoms with Gasteiger partial charge in [-0.25, -0.2) is 0 Å². The van der Waals surface area contributed by atoms with Crippen molar-refractivity contribution >= 4 is 33.6 Å². The van der Waals surface area contributed by atoms with Gasteiger partial charge in [-0.2, -0.15) is 10.2 Å². The maximum absolute atomic E-state index is 12.3. The number of amides is 1. The van der Waals surface area contributed by atoms with Crippen molar-refractivity contribution in [1.29, 1.82) is 0 Å². The van der Waals surface area contributed by atoms with Crippen molar-refractivity contribution in [2.24, 2.45) is 0 Å². The molecule has 0 bridgehead atoms. The van der Waals surface area contributed by atoms with Gasteiger partial charge in [0.1, 0.15) is 0 Å². The number of anilines is 1. The number of aryl methyl sites for hydroxylation is 2. The van der Waals surface area contributed by atoms with E-state index in [2.05, 4.69) is 31.4 Å². The van der Waals surface area contributed by atoms with E-state index in [1.165, 1.54) is 17.1 Å². The molecule has 0 aliphatic heterocycles. The van der Waals surface area contributed by atoms with Crippen molar-refractivity contribution in [2.45, 2.75) is 26.4 Å². The predicted molar refractivity (Wildman–Crippen MR) is 103 cm³/mol. The van der Waals surface area contributed by atoms with Crippen molar-refractivity contribution < 1.29 is 14.7 Å². The molecule has 8 nitrogen and oxygen atoms in total. The summed E-state index contributed by atoms with van der Waals surface area (Å²) in [7, 11) is 0. The molecule has 0 spiro atoms. The van der Waals surface area contributed by atoms with Gasteiger partial charge in [0, 0.05) is 22.4 Å². The maximum atomic E-state index is 12.3. The van der Waals surface area contributed by atoms with Gasteiger partial charge in [-0.05, 0) is 24.6 Å². The second kappa shape index (κ2) is 8.17. The van der Waals surface area contributed by atoms with Crippen LogP contribution in [0.5, 0.6) is 0 Å². The summed E-state index contributed by atoms with van der Waals surface area (Å²) in [5, 5.41) is 19.9. The number of carbonyl (C=O) groups excluding carboxylic acids is 1. The fourth-order valence-corrected chi connectivity index (χ4v) is 2.76. The van der Waals surface area contributed by atoms with E-state index in [4.69, 9.17) is 5.11 Å². The summed E-state index contributed by atoms with van der Waals surface area (Å²) in [5.74, 6) is -0.805. The summed E-state index contributed by atoms with van der Waals surface area (Å²) in [6, 6.07) is 9.76. The number of benzene rings is 1. The molecule has 3 aromatic rings. The molecule has 0 atom stereocenters. The Morgan fingerprint density at radius 1 is 1.26 bits per heavy atom. The molecule has 2 N–H and O–H groups in total. The number of nitrogens with zero attached hydrogens (tertiary/aromatic N) is 4. The lowest BCUT2D eigenvalue weighted by atomic mass is 10.2. The van der Waals surface area contributed by atoms with Gasteiger partial charge in [0.05, 0.1) is 31.3 Å². The van der Waals surface area contributed by atoms with E-state index >= 15 is 0 Å². The van der Waals surface area contributed by atoms with E-state index in [1.54, 1.807) is 6.07 Å². The Balaban J connectivity index is 1.64. The zero-order valence-electron chi connectivity index (χ0n) is 14.6. The van der Waals surface area contributed by atoms with Gasteiger partial charge >= 0.3 is 5.97 Å². The van der Waals surface area contributed by atoms with E-state index in [-0.39, 0.29) is 18.9 Å². The third kappa shape index (κ3) is 5.04. The summed E-state index contributed by atoms with van der Waals surface area (Å²) >= 11 is 3.41. The van der Waals surface area contributed by atoms with E-state index in [0.717, 1.165) is 15.7 Å². The van der Waals surface area contributed by atoms with Crippen LogP contribution in [0.1, 0.15) is 28.0 Å². The van der Waals surface area contributed by atoms with Gasteiger partial charge in [-0.15, -0.1) is 0 Å². The molecule has 0 aliphatic carbocycles. The topological polar surface area (TPSA) is 102 Å². The number of carbonyl (C=O) groups is 2. The summed E-state index contributed by atoms with van der Waals surface area (Å²) in [4.78, 5) is 22.9. The summed E-state index contributed by atoms with van der Waals surface area (Å²) in [6.45, 7) is 2.73. The lowest BCUT2D eigenvalue weighted by Crippen LogP contribution is -2.12. The number of aromatic nitrogens is 4. The Kier molecular flexibility index (Phi) is 5.70. The number of carboxylic acids is 1. The van der Waals surface area contributed by atoms with Crippen LogP contribution in [0.4, 0.5) is 5.82 Å². The highest BCUT2D eigenvalue weighted by atomic mass is 79.9. The molecule has 27 heavy (non-hydrogen) atoms. The van der Waals surface area contributed by atoms with Gasteiger partial charge in [-0.3, -0.25) is 19.0 Å². The third-order valence-corrected chi connectivity index (χ3v) is 4.45. The van der Waals surface area contributed by atoms with Crippen LogP contribution in [0.15, 0.2) is 47.2 Å². The number of aliphatic carboxylic acids is 1. The summed E-state index contributed by atoms with van der Waals surface area (Å²) in [5.41, 5.74) is 2.37. The van der Waals surface area contributed by atoms with Crippen LogP contribution in [-0.4, -0.2) is 36.5 Å². The fourth-order valence-electron chi connectivity index (χ4n) is 2.50. The van der Waals surface area contributed by atoms with Crippen LogP contribution in [0.2, 0.25) is 0 Å². The molecule has 1 aromatic carbocycles. The molecule has 140 valence electrons. The van der Waals surface area contributed by atoms with Crippen LogP contribution in [0.3, 0.4) is 0 Å². The highest BCUT2D eigenvalue weighted by Gasteiger charge is 2.13. The molecule has 3 rings (SSSR count). The normalized spacial score (nSPS) is 10.7. The van der Waals surface area contributed by atoms with Gasteiger partial charge in [-0.1, -0.05) is 28.1 Å². The minimum Gasteiger partial charge on any atom is -0.481 e. The molecule has 9 heteroatoms. The van der Waals surface area contributed by atoms with Crippen LogP contribution in [0, 0.1) is 6.92 Å². The molecule has 2 heterocycles. The van der Waals surface area contributed by atoms with Crippen molar-refractivity contribution in [2.75, 3.05) is 5.32 Å². The molecule has 2 aromatic heterocycles. The van der Waals surface area contributed by atoms with E-state index in [1.807, 2.05) is 35.9 Å². The first-order valence-electron chi connectivity index (χ1n) is 8.25. The smallest absolute Gasteiger partial charge is 0.305 e. The predicted octanol–water partition coefficient (Wildman–Crippen LogP) is 2.93. The van der Waals surface area contributed by atoms with Crippen molar-refractivity contribution in [3.8, 4) is 0 Å². The molecule has 0 saturated carbocycles. The van der Waals surface area contributed by atoms with Crippen LogP contribution >= 0.6 is 15.9 Å². The first-order chi connectivity index (χ1) is 12.9. The van der Waals surface area contributed by atoms with Gasteiger partial charge in [0.25, 0.3) is 5.91 Å². The second-order valence-corrected chi connectivity index (χ2v) is 6.96. The molecule has 0 radical (unpaired) electrons. The van der Waals surface area contributed by atoms with E-state index in [0.29, 0.717) is 17.9 Å². The number of nitrogens with one attached hydrogen (secondary N) is 1. The summed E-state index contributed by atoms with van der Waals surface area (Å²) < 4.78 is 4.26. The molecule has 0 fully saturated rings. The number of halogens is 1. The summed E-state index contributed by atoms with van der Waals surface area (Å²) in [6.07, 6.45) is 2.87. The van der Waals surface area contributed by atoms with Crippen molar-refractivity contribution in [1.82, 2.24) is 19.6 Å². The van der Waals surface area contributed by atoms with Crippen molar-refractivity contribution in [3.05, 3.63) is 64.0 Å². The number of hydrogen-bond acceptors (Lipinski definition) is 4. The lowest BCUT2D eigenvalue weighted by Gasteiger charge is -2.04. The molecular formula is C18H18BrN5O3. The minimum absolute atomic E-state index is 0.0532. The molecule has 0 aliphatic rings. The van der Waals surface area contributed by atoms with Crippen LogP contribution in [-0.2, 0) is 17.9 Å². The molecule has 0 unspecified atom stereocenters. The van der Waals surface area contributed by atoms with E-state index < -0.39 is 5.97 Å². The Hall–Kier alpha value is -2.94. The second-order valence-electron chi connectivity index (χ2n) is 6.05. The van der Waals surface area contributed by atoms with Crippen molar-refractivity contribution in [3.63, 3.8) is 0 Å². The van der Waals surface area contributed by atoms with Crippen LogP contribution < -0.4 is 5.32 Å². The van der Waals surface area contributed by atoms with Gasteiger partial charge in [0.2, 0.25) is 0 Å². The Bertz CT molecular complexity index is 962. The first-order valence-corrected chi connectivity index (χ1v) is 9.04. The number of carboxylic acid groups (broad SMARTS) is 1. The Morgan fingerprint density at radius 3 is 2.70 bits per heavy atom.